The predicted octanol–water partition coefficient (Wildman–Crippen LogP) is -7.64. The molecule has 0 bridgehead atoms. The largest absolute Gasteiger partial charge is 0.113 e. The van der Waals surface area contributed by atoms with E-state index in [-0.39, 0.29) is 71.6 Å². The van der Waals surface area contributed by atoms with Crippen molar-refractivity contribution in [3.05, 3.63) is 5.56 Å². The summed E-state index contributed by atoms with van der Waals surface area (Å²) in [5.74, 6) is -0.0650. The second-order valence-corrected chi connectivity index (χ2v) is 7.62. The van der Waals surface area contributed by atoms with E-state index in [9.17, 15) is 0 Å². The Hall–Kier alpha value is -1.37. The molecule has 22 radical (unpaired) electrons. The molecule has 0 aromatic heterocycles. The topological polar surface area (TPSA) is 0 Å². The zero-order chi connectivity index (χ0) is 22.8. The van der Waals surface area contributed by atoms with E-state index in [0.717, 1.165) is 0 Å². The van der Waals surface area contributed by atoms with Gasteiger partial charge in [0.2, 0.25) is 0 Å². The molecule has 0 fully saturated rings. The van der Waals surface area contributed by atoms with Gasteiger partial charge in [0.25, 0.3) is 0 Å². The number of rotatable bonds is 2. The molecular weight excluding hydrogens is 347 g/mol. The van der Waals surface area contributed by atoms with Gasteiger partial charge in [0.15, 0.2) is 0 Å². The van der Waals surface area contributed by atoms with Gasteiger partial charge in [-0.1, -0.05) is 46.6 Å². The molecule has 0 amide bonds. The van der Waals surface area contributed by atoms with E-state index in [4.69, 9.17) is 86.3 Å². The van der Waals surface area contributed by atoms with E-state index in [1.165, 1.54) is 0 Å². The zero-order valence-electron chi connectivity index (χ0n) is 16.9. The molecule has 3 aromatic rings. The van der Waals surface area contributed by atoms with Crippen molar-refractivity contribution in [1.82, 2.24) is 0 Å². The lowest BCUT2D eigenvalue weighted by Crippen LogP contribution is -2.56. The Balaban J connectivity index is 2.76. The van der Waals surface area contributed by atoms with Crippen LogP contribution in [0.15, 0.2) is 0 Å². The van der Waals surface area contributed by atoms with Crippen molar-refractivity contribution in [2.75, 3.05) is 0 Å². The summed E-state index contributed by atoms with van der Waals surface area (Å²) in [6.45, 7) is 3.88. The van der Waals surface area contributed by atoms with Crippen LogP contribution >= 0.6 is 0 Å². The van der Waals surface area contributed by atoms with Crippen molar-refractivity contribution < 1.29 is 0 Å². The molecule has 0 spiro atoms. The molecule has 0 heterocycles. The summed E-state index contributed by atoms with van der Waals surface area (Å²) < 4.78 is 0. The van der Waals surface area contributed by atoms with Gasteiger partial charge >= 0.3 is 0 Å². The van der Waals surface area contributed by atoms with Gasteiger partial charge in [-0.25, -0.2) is 0 Å². The maximum Gasteiger partial charge on any atom is 0.113 e. The van der Waals surface area contributed by atoms with E-state index in [0.29, 0.717) is 21.9 Å². The summed E-state index contributed by atoms with van der Waals surface area (Å²) >= 11 is 0. The molecule has 0 aliphatic rings. The Morgan fingerprint density at radius 1 is 0.367 bits per heavy atom. The lowest BCUT2D eigenvalue weighted by Gasteiger charge is -2.30. The van der Waals surface area contributed by atoms with Crippen molar-refractivity contribution in [2.24, 2.45) is 0 Å². The summed E-state index contributed by atoms with van der Waals surface area (Å²) in [5.41, 5.74) is 2.70. The molecule has 3 rings (SSSR count). The molecule has 3 aromatic carbocycles. The molecule has 0 nitrogen and oxygen atoms in total. The Morgan fingerprint density at radius 2 is 0.700 bits per heavy atom. The third-order valence-electron chi connectivity index (χ3n) is 5.55. The van der Waals surface area contributed by atoms with Crippen LogP contribution in [0.5, 0.6) is 0 Å². The fourth-order valence-corrected chi connectivity index (χ4v) is 3.90. The van der Waals surface area contributed by atoms with Crippen LogP contribution in [0.25, 0.3) is 21.9 Å². The van der Waals surface area contributed by atoms with E-state index in [1.54, 1.807) is 0 Å². The lowest BCUT2D eigenvalue weighted by atomic mass is 9.56. The molecule has 30 heavy (non-hydrogen) atoms. The molecule has 11 heteroatoms. The number of benzene rings is 3. The molecule has 0 N–H and O–H groups in total. The van der Waals surface area contributed by atoms with Crippen LogP contribution < -0.4 is 60.1 Å². The average molecular weight is 354 g/mol. The van der Waals surface area contributed by atoms with Crippen molar-refractivity contribution in [3.63, 3.8) is 0 Å². The van der Waals surface area contributed by atoms with Gasteiger partial charge in [-0.15, -0.1) is 27.3 Å². The molecular formula is C19H7B11. The zero-order valence-corrected chi connectivity index (χ0v) is 16.9. The third kappa shape index (κ3) is 3.14. The van der Waals surface area contributed by atoms with Gasteiger partial charge in [0, 0.05) is 0 Å². The Labute approximate surface area is 193 Å². The summed E-state index contributed by atoms with van der Waals surface area (Å²) in [7, 11) is 68.6. The summed E-state index contributed by atoms with van der Waals surface area (Å²) in [6.07, 6.45) is 0. The number of fused-ring (bicyclic) bond motifs is 1. The van der Waals surface area contributed by atoms with Crippen LogP contribution in [0, 0.1) is 0 Å². The summed E-state index contributed by atoms with van der Waals surface area (Å²) in [5, 5.41) is 0.931. The minimum atomic E-state index is -0.0650. The van der Waals surface area contributed by atoms with Crippen molar-refractivity contribution >= 4 is 157 Å². The van der Waals surface area contributed by atoms with E-state index in [1.807, 2.05) is 13.8 Å². The predicted molar refractivity (Wildman–Crippen MR) is 143 cm³/mol. The maximum atomic E-state index is 6.48. The van der Waals surface area contributed by atoms with Crippen LogP contribution in [-0.2, 0) is 0 Å². The smallest absolute Gasteiger partial charge is 0.112 e. The van der Waals surface area contributed by atoms with E-state index in [2.05, 4.69) is 0 Å². The van der Waals surface area contributed by atoms with Gasteiger partial charge in [-0.05, 0) is 33.4 Å². The first kappa shape index (κ1) is 23.3. The fraction of sp³-hybridized carbons (Fsp3) is 0.158. The highest BCUT2D eigenvalue weighted by Gasteiger charge is 2.23. The molecule has 0 aliphatic carbocycles. The molecule has 0 unspecified atom stereocenters. The highest BCUT2D eigenvalue weighted by Crippen LogP contribution is 2.26. The quantitative estimate of drug-likeness (QED) is 0.401. The normalized spacial score (nSPS) is 11.4. The first-order valence-electron chi connectivity index (χ1n) is 9.12. The third-order valence-corrected chi connectivity index (χ3v) is 5.55. The van der Waals surface area contributed by atoms with Crippen LogP contribution in [0.2, 0.25) is 0 Å². The second kappa shape index (κ2) is 7.96. The van der Waals surface area contributed by atoms with E-state index < -0.39 is 0 Å². The standard InChI is InChI=1S/C19H7B11/c1-3(2)4-5-6(12(23)16(27)15(26)11(5)22)7(10(21)9(4)20)8-13(24)17(28)19(30)18(29)14(8)25/h3H,1-2H3. The highest BCUT2D eigenvalue weighted by atomic mass is 14.2. The Morgan fingerprint density at radius 3 is 1.13 bits per heavy atom. The first-order valence-corrected chi connectivity index (χ1v) is 9.12. The van der Waals surface area contributed by atoms with Crippen LogP contribution in [0.4, 0.5) is 0 Å². The van der Waals surface area contributed by atoms with Gasteiger partial charge in [-0.3, -0.25) is 0 Å². The molecule has 0 atom stereocenters. The van der Waals surface area contributed by atoms with Gasteiger partial charge < -0.3 is 0 Å². The summed E-state index contributed by atoms with van der Waals surface area (Å²) in [6, 6.07) is 0. The molecule has 0 saturated carbocycles. The van der Waals surface area contributed by atoms with E-state index >= 15 is 0 Å². The first-order chi connectivity index (χ1) is 13.8. The lowest BCUT2D eigenvalue weighted by molar-refractivity contribution is 0.884. The molecule has 116 valence electrons. The fourth-order valence-electron chi connectivity index (χ4n) is 3.90. The summed E-state index contributed by atoms with van der Waals surface area (Å²) in [4.78, 5) is 0. The monoisotopic (exact) mass is 356 g/mol. The van der Waals surface area contributed by atoms with Crippen LogP contribution in [-0.4, -0.2) is 86.3 Å². The molecule has 0 aliphatic heterocycles. The number of hydrogen-bond acceptors (Lipinski definition) is 0. The minimum absolute atomic E-state index is 0.0608. The number of hydrogen-bond donors (Lipinski definition) is 0. The SMILES string of the molecule is [B]c1c([B])c([B])c(-c2c([B])c([B])c(C(C)C)c3c([B])c([B])c([B])c([B])c23)c([B])c1[B]. The second-order valence-electron chi connectivity index (χ2n) is 7.62. The minimum Gasteiger partial charge on any atom is -0.112 e. The average Bonchev–Trinajstić information content (AvgIpc) is 2.70. The van der Waals surface area contributed by atoms with Crippen LogP contribution in [0.1, 0.15) is 25.3 Å². The Kier molecular flexibility index (Phi) is 6.18. The highest BCUT2D eigenvalue weighted by molar-refractivity contribution is 6.71. The van der Waals surface area contributed by atoms with Crippen molar-refractivity contribution in [3.8, 4) is 11.1 Å². The maximum absolute atomic E-state index is 6.48. The molecule has 0 saturated heterocycles. The van der Waals surface area contributed by atoms with Crippen molar-refractivity contribution in [1.29, 1.82) is 0 Å². The van der Waals surface area contributed by atoms with Crippen molar-refractivity contribution in [2.45, 2.75) is 19.8 Å². The Bertz CT molecular complexity index is 1200. The van der Waals surface area contributed by atoms with Gasteiger partial charge in [0.1, 0.15) is 86.3 Å². The van der Waals surface area contributed by atoms with Crippen LogP contribution in [0.3, 0.4) is 0 Å². The van der Waals surface area contributed by atoms with Gasteiger partial charge in [-0.2, -0.15) is 0 Å². The van der Waals surface area contributed by atoms with Gasteiger partial charge in [0.05, 0.1) is 0 Å².